The van der Waals surface area contributed by atoms with Gasteiger partial charge in [0.05, 0.1) is 33.3 Å². The Morgan fingerprint density at radius 3 is 1.76 bits per heavy atom. The van der Waals surface area contributed by atoms with E-state index >= 15 is 0 Å². The summed E-state index contributed by atoms with van der Waals surface area (Å²) in [6.45, 7) is 0. The Kier molecular flexibility index (Phi) is 10.0. The molecule has 2 N–H and O–H groups in total. The minimum Gasteiger partial charge on any atom is -0.493 e. The number of hydrogen-bond donors (Lipinski definition) is 2. The van der Waals surface area contributed by atoms with Gasteiger partial charge in [0.2, 0.25) is 17.6 Å². The number of pyridine rings is 1. The van der Waals surface area contributed by atoms with Gasteiger partial charge in [-0.15, -0.1) is 0 Å². The lowest BCUT2D eigenvalue weighted by molar-refractivity contribution is -0.116. The first kappa shape index (κ1) is 30.5. The molecule has 1 aromatic heterocycles. The minimum absolute atomic E-state index is 0.0502. The molecule has 8 nitrogen and oxygen atoms in total. The van der Waals surface area contributed by atoms with Crippen LogP contribution in [-0.4, -0.2) is 38.1 Å². The predicted octanol–water partition coefficient (Wildman–Crippen LogP) is 7.63. The number of carbonyl (C=O) groups excluding carboxylic acids is 2. The third kappa shape index (κ3) is 7.65. The van der Waals surface area contributed by atoms with Gasteiger partial charge in [-0.2, -0.15) is 0 Å². The fourth-order valence-corrected chi connectivity index (χ4v) is 5.38. The molecule has 12 heteroatoms. The van der Waals surface area contributed by atoms with Crippen LogP contribution in [0.3, 0.4) is 0 Å². The maximum Gasteiger partial charge on any atom is 0.228 e. The van der Waals surface area contributed by atoms with Crippen LogP contribution >= 0.6 is 46.4 Å². The highest BCUT2D eigenvalue weighted by atomic mass is 35.5. The lowest BCUT2D eigenvalue weighted by Gasteiger charge is -2.17. The van der Waals surface area contributed by atoms with Gasteiger partial charge in [0, 0.05) is 55.0 Å². The van der Waals surface area contributed by atoms with Crippen molar-refractivity contribution in [1.29, 1.82) is 0 Å². The number of carbonyl (C=O) groups is 2. The molecule has 0 saturated carbocycles. The first-order valence-corrected chi connectivity index (χ1v) is 13.7. The monoisotopic (exact) mass is 635 g/mol. The number of nitrogens with one attached hydrogen (secondary N) is 2. The summed E-state index contributed by atoms with van der Waals surface area (Å²) in [7, 11) is 4.52. The zero-order valence-corrected chi connectivity index (χ0v) is 25.3. The summed E-state index contributed by atoms with van der Waals surface area (Å²) < 4.78 is 16.6. The third-order valence-electron chi connectivity index (χ3n) is 6.02. The fraction of sp³-hybridized carbons (Fsp3) is 0.207. The Hall–Kier alpha value is -3.43. The Morgan fingerprint density at radius 1 is 0.707 bits per heavy atom. The number of fused-ring (bicyclic) bond motifs is 1. The lowest BCUT2D eigenvalue weighted by atomic mass is 10.0. The molecule has 214 valence electrons. The van der Waals surface area contributed by atoms with Crippen molar-refractivity contribution in [3.8, 4) is 17.2 Å². The molecule has 1 heterocycles. The maximum atomic E-state index is 13.1. The summed E-state index contributed by atoms with van der Waals surface area (Å²) in [6, 6.07) is 13.1. The van der Waals surface area contributed by atoms with E-state index in [1.165, 1.54) is 21.3 Å². The van der Waals surface area contributed by atoms with E-state index in [0.29, 0.717) is 70.9 Å². The normalized spacial score (nSPS) is 10.8. The van der Waals surface area contributed by atoms with Crippen LogP contribution in [0, 0.1) is 0 Å². The second-order valence-corrected chi connectivity index (χ2v) is 10.6. The molecule has 0 radical (unpaired) electrons. The number of benzene rings is 3. The zero-order chi connectivity index (χ0) is 29.7. The van der Waals surface area contributed by atoms with E-state index in [1.54, 1.807) is 48.5 Å². The number of aromatic nitrogens is 1. The topological polar surface area (TPSA) is 98.8 Å². The Labute approximate surface area is 256 Å². The number of amides is 2. The van der Waals surface area contributed by atoms with Crippen molar-refractivity contribution < 1.29 is 23.8 Å². The molecule has 0 unspecified atom stereocenters. The molecule has 41 heavy (non-hydrogen) atoms. The van der Waals surface area contributed by atoms with Gasteiger partial charge in [-0.05, 0) is 54.4 Å². The van der Waals surface area contributed by atoms with Crippen molar-refractivity contribution in [2.24, 2.45) is 0 Å². The number of methoxy groups -OCH3 is 3. The molecule has 0 spiro atoms. The second-order valence-electron chi connectivity index (χ2n) is 8.90. The molecule has 0 saturated heterocycles. The van der Waals surface area contributed by atoms with Gasteiger partial charge in [-0.25, -0.2) is 0 Å². The van der Waals surface area contributed by atoms with Gasteiger partial charge in [0.15, 0.2) is 11.5 Å². The average Bonchev–Trinajstić information content (AvgIpc) is 2.89. The maximum absolute atomic E-state index is 13.1. The smallest absolute Gasteiger partial charge is 0.228 e. The van der Waals surface area contributed by atoms with Crippen molar-refractivity contribution in [2.75, 3.05) is 32.0 Å². The molecule has 0 bridgehead atoms. The Balaban J connectivity index is 1.67. The van der Waals surface area contributed by atoms with Gasteiger partial charge >= 0.3 is 0 Å². The molecule has 2 amide bonds. The van der Waals surface area contributed by atoms with E-state index in [-0.39, 0.29) is 31.1 Å². The number of aryl methyl sites for hydroxylation is 1. The number of nitrogens with zero attached hydrogens (tertiary/aromatic N) is 1. The summed E-state index contributed by atoms with van der Waals surface area (Å²) in [6.07, 6.45) is 0.259. The minimum atomic E-state index is -0.330. The average molecular weight is 637 g/mol. The third-order valence-corrected chi connectivity index (χ3v) is 6.90. The molecule has 0 aliphatic heterocycles. The molecule has 3 aromatic carbocycles. The quantitative estimate of drug-likeness (QED) is 0.186. The molecule has 4 aromatic rings. The summed E-state index contributed by atoms with van der Waals surface area (Å²) >= 11 is 24.3. The van der Waals surface area contributed by atoms with Crippen LogP contribution in [0.4, 0.5) is 11.4 Å². The first-order chi connectivity index (χ1) is 19.6. The van der Waals surface area contributed by atoms with Crippen molar-refractivity contribution in [1.82, 2.24) is 4.98 Å². The molecule has 0 aliphatic rings. The van der Waals surface area contributed by atoms with E-state index < -0.39 is 0 Å². The molecular weight excluding hydrogens is 612 g/mol. The van der Waals surface area contributed by atoms with Crippen molar-refractivity contribution in [3.05, 3.63) is 79.9 Å². The van der Waals surface area contributed by atoms with Gasteiger partial charge in [-0.3, -0.25) is 14.6 Å². The molecule has 4 rings (SSSR count). The number of rotatable bonds is 10. The van der Waals surface area contributed by atoms with Crippen LogP contribution in [0.1, 0.15) is 17.7 Å². The van der Waals surface area contributed by atoms with E-state index in [9.17, 15) is 9.59 Å². The van der Waals surface area contributed by atoms with Gasteiger partial charge in [0.25, 0.3) is 0 Å². The molecule has 0 atom stereocenters. The van der Waals surface area contributed by atoms with E-state index in [0.717, 1.165) is 0 Å². The molecule has 0 fully saturated rings. The van der Waals surface area contributed by atoms with Gasteiger partial charge in [0.1, 0.15) is 0 Å². The second kappa shape index (κ2) is 13.5. The van der Waals surface area contributed by atoms with Crippen LogP contribution in [-0.2, 0) is 22.4 Å². The van der Waals surface area contributed by atoms with Crippen molar-refractivity contribution in [3.63, 3.8) is 0 Å². The zero-order valence-electron chi connectivity index (χ0n) is 22.2. The Bertz CT molecular complexity index is 1590. The van der Waals surface area contributed by atoms with Crippen LogP contribution in [0.15, 0.2) is 48.5 Å². The summed E-state index contributed by atoms with van der Waals surface area (Å²) in [5, 5.41) is 7.78. The number of hydrogen-bond acceptors (Lipinski definition) is 6. The fourth-order valence-electron chi connectivity index (χ4n) is 4.33. The largest absolute Gasteiger partial charge is 0.493 e. The predicted molar refractivity (Wildman–Crippen MR) is 164 cm³/mol. The highest BCUT2D eigenvalue weighted by Gasteiger charge is 2.21. The number of halogens is 4. The van der Waals surface area contributed by atoms with E-state index in [4.69, 9.17) is 65.6 Å². The highest BCUT2D eigenvalue weighted by molar-refractivity contribution is 6.35. The Morgan fingerprint density at radius 2 is 1.24 bits per heavy atom. The van der Waals surface area contributed by atoms with E-state index in [2.05, 4.69) is 10.6 Å². The summed E-state index contributed by atoms with van der Waals surface area (Å²) in [5.74, 6) is 0.608. The van der Waals surface area contributed by atoms with Crippen LogP contribution in [0.2, 0.25) is 20.1 Å². The van der Waals surface area contributed by atoms with Gasteiger partial charge < -0.3 is 24.8 Å². The number of ether oxygens (including phenoxy) is 3. The highest BCUT2D eigenvalue weighted by Crippen LogP contribution is 2.43. The standard InChI is InChI=1S/C29H25Cl4N3O5/c1-39-25-14-24-22(28(40-2)29(25)41-3)6-15(7-27(38)35-21-12-18(32)9-19(33)13-21)23(36-24)4-5-26(37)34-20-10-16(30)8-17(31)11-20/h6,8-14H,4-5,7H2,1-3H3,(H,34,37)(H,35,38). The summed E-state index contributed by atoms with van der Waals surface area (Å²) in [4.78, 5) is 30.7. The SMILES string of the molecule is COc1cc2nc(CCC(=O)Nc3cc(Cl)cc(Cl)c3)c(CC(=O)Nc3cc(Cl)cc(Cl)c3)cc2c(OC)c1OC. The first-order valence-electron chi connectivity index (χ1n) is 12.2. The van der Waals surface area contributed by atoms with Crippen LogP contribution in [0.25, 0.3) is 10.9 Å². The van der Waals surface area contributed by atoms with Crippen molar-refractivity contribution in [2.45, 2.75) is 19.3 Å². The van der Waals surface area contributed by atoms with E-state index in [1.807, 2.05) is 0 Å². The van der Waals surface area contributed by atoms with Gasteiger partial charge in [-0.1, -0.05) is 46.4 Å². The van der Waals surface area contributed by atoms with Crippen molar-refractivity contribution >= 4 is 80.5 Å². The lowest BCUT2D eigenvalue weighted by Crippen LogP contribution is -2.17. The molecular formula is C29H25Cl4N3O5. The van der Waals surface area contributed by atoms with Crippen LogP contribution in [0.5, 0.6) is 17.2 Å². The van der Waals surface area contributed by atoms with Crippen LogP contribution < -0.4 is 24.8 Å². The molecule has 0 aliphatic carbocycles. The number of anilines is 2. The summed E-state index contributed by atoms with van der Waals surface area (Å²) in [5.41, 5.74) is 2.60.